The van der Waals surface area contributed by atoms with E-state index in [0.29, 0.717) is 21.6 Å². The molecule has 3 rings (SSSR count). The Morgan fingerprint density at radius 3 is 2.55 bits per heavy atom. The number of non-ortho nitro benzene ring substituents is 1. The van der Waals surface area contributed by atoms with Gasteiger partial charge in [0.1, 0.15) is 0 Å². The smallest absolute Gasteiger partial charge is 0.295 e. The SMILES string of the molecule is O=[N+]([O-])c1ccc(-c2noc(-c3occc3Br)n2)cc1. The fourth-order valence-electron chi connectivity index (χ4n) is 1.61. The van der Waals surface area contributed by atoms with Crippen molar-refractivity contribution in [3.63, 3.8) is 0 Å². The first-order valence-electron chi connectivity index (χ1n) is 5.47. The van der Waals surface area contributed by atoms with E-state index in [1.54, 1.807) is 18.2 Å². The van der Waals surface area contributed by atoms with E-state index >= 15 is 0 Å². The second kappa shape index (κ2) is 4.89. The second-order valence-electron chi connectivity index (χ2n) is 3.82. The molecule has 3 aromatic rings. The molecule has 0 bridgehead atoms. The molecule has 0 aliphatic carbocycles. The minimum atomic E-state index is -0.467. The van der Waals surface area contributed by atoms with Crippen molar-refractivity contribution in [3.05, 3.63) is 51.2 Å². The third kappa shape index (κ3) is 2.21. The number of aromatic nitrogens is 2. The summed E-state index contributed by atoms with van der Waals surface area (Å²) in [7, 11) is 0. The highest BCUT2D eigenvalue weighted by Gasteiger charge is 2.16. The van der Waals surface area contributed by atoms with Crippen LogP contribution >= 0.6 is 15.9 Å². The lowest BCUT2D eigenvalue weighted by Crippen LogP contribution is -1.87. The largest absolute Gasteiger partial charge is 0.458 e. The van der Waals surface area contributed by atoms with E-state index in [9.17, 15) is 10.1 Å². The van der Waals surface area contributed by atoms with E-state index in [4.69, 9.17) is 8.94 Å². The maximum Gasteiger partial charge on any atom is 0.295 e. The van der Waals surface area contributed by atoms with Crippen molar-refractivity contribution < 1.29 is 13.9 Å². The van der Waals surface area contributed by atoms with Gasteiger partial charge >= 0.3 is 0 Å². The number of nitro groups is 1. The summed E-state index contributed by atoms with van der Waals surface area (Å²) in [6, 6.07) is 7.60. The van der Waals surface area contributed by atoms with Crippen LogP contribution in [0.25, 0.3) is 23.0 Å². The number of hydrogen-bond acceptors (Lipinski definition) is 6. The molecule has 7 nitrogen and oxygen atoms in total. The molecule has 0 saturated heterocycles. The molecule has 0 saturated carbocycles. The molecule has 0 spiro atoms. The zero-order chi connectivity index (χ0) is 14.1. The van der Waals surface area contributed by atoms with Gasteiger partial charge in [0.05, 0.1) is 15.7 Å². The normalized spacial score (nSPS) is 10.7. The van der Waals surface area contributed by atoms with Crippen molar-refractivity contribution in [1.29, 1.82) is 0 Å². The minimum Gasteiger partial charge on any atom is -0.458 e. The summed E-state index contributed by atoms with van der Waals surface area (Å²) in [5.41, 5.74) is 0.625. The molecule has 0 aliphatic heterocycles. The van der Waals surface area contributed by atoms with Crippen LogP contribution in [-0.2, 0) is 0 Å². The Labute approximate surface area is 120 Å². The molecule has 100 valence electrons. The van der Waals surface area contributed by atoms with Gasteiger partial charge in [0, 0.05) is 17.7 Å². The molecule has 20 heavy (non-hydrogen) atoms. The average molecular weight is 336 g/mol. The fourth-order valence-corrected chi connectivity index (χ4v) is 1.98. The number of furan rings is 1. The van der Waals surface area contributed by atoms with Gasteiger partial charge in [-0.2, -0.15) is 4.98 Å². The molecule has 1 aromatic carbocycles. The predicted octanol–water partition coefficient (Wildman–Crippen LogP) is 3.67. The predicted molar refractivity (Wildman–Crippen MR) is 71.8 cm³/mol. The molecule has 0 N–H and O–H groups in total. The second-order valence-corrected chi connectivity index (χ2v) is 4.68. The zero-order valence-corrected chi connectivity index (χ0v) is 11.4. The van der Waals surface area contributed by atoms with E-state index in [0.717, 1.165) is 0 Å². The molecule has 0 radical (unpaired) electrons. The van der Waals surface area contributed by atoms with Crippen LogP contribution < -0.4 is 0 Å². The molecular weight excluding hydrogens is 330 g/mol. The van der Waals surface area contributed by atoms with Crippen LogP contribution in [0.5, 0.6) is 0 Å². The molecule has 0 atom stereocenters. The molecule has 0 aliphatic rings. The van der Waals surface area contributed by atoms with Gasteiger partial charge < -0.3 is 8.94 Å². The molecule has 0 fully saturated rings. The Kier molecular flexibility index (Phi) is 3.07. The summed E-state index contributed by atoms with van der Waals surface area (Å²) in [5.74, 6) is 0.999. The van der Waals surface area contributed by atoms with Crippen LogP contribution in [0.3, 0.4) is 0 Å². The fraction of sp³-hybridized carbons (Fsp3) is 0. The third-order valence-electron chi connectivity index (χ3n) is 2.57. The van der Waals surface area contributed by atoms with Crippen LogP contribution in [0.15, 0.2) is 50.0 Å². The number of rotatable bonds is 3. The number of benzene rings is 1. The molecule has 0 amide bonds. The monoisotopic (exact) mass is 335 g/mol. The topological polar surface area (TPSA) is 95.2 Å². The lowest BCUT2D eigenvalue weighted by atomic mass is 10.2. The van der Waals surface area contributed by atoms with Crippen molar-refractivity contribution in [3.8, 4) is 23.0 Å². The van der Waals surface area contributed by atoms with Crippen molar-refractivity contribution in [2.24, 2.45) is 0 Å². The van der Waals surface area contributed by atoms with Gasteiger partial charge in [-0.1, -0.05) is 5.16 Å². The Morgan fingerprint density at radius 1 is 1.20 bits per heavy atom. The van der Waals surface area contributed by atoms with Gasteiger partial charge in [-0.3, -0.25) is 10.1 Å². The quantitative estimate of drug-likeness (QED) is 0.535. The number of halogens is 1. The van der Waals surface area contributed by atoms with Crippen LogP contribution in [0.4, 0.5) is 5.69 Å². The van der Waals surface area contributed by atoms with E-state index in [1.807, 2.05) is 0 Å². The van der Waals surface area contributed by atoms with Crippen LogP contribution in [0.1, 0.15) is 0 Å². The first-order valence-corrected chi connectivity index (χ1v) is 6.26. The van der Waals surface area contributed by atoms with Crippen LogP contribution in [0.2, 0.25) is 0 Å². The summed E-state index contributed by atoms with van der Waals surface area (Å²) in [6.07, 6.45) is 1.50. The van der Waals surface area contributed by atoms with Crippen molar-refractivity contribution in [1.82, 2.24) is 10.1 Å². The average Bonchev–Trinajstić information content (AvgIpc) is 3.07. The summed E-state index contributed by atoms with van der Waals surface area (Å²) in [5, 5.41) is 14.4. The van der Waals surface area contributed by atoms with E-state index in [-0.39, 0.29) is 11.6 Å². The highest BCUT2D eigenvalue weighted by Crippen LogP contribution is 2.29. The lowest BCUT2D eigenvalue weighted by Gasteiger charge is -1.93. The Balaban J connectivity index is 1.94. The minimum absolute atomic E-state index is 0.00578. The molecular formula is C12H6BrN3O4. The summed E-state index contributed by atoms with van der Waals surface area (Å²) in [4.78, 5) is 14.3. The summed E-state index contributed by atoms with van der Waals surface area (Å²) >= 11 is 3.30. The Bertz CT molecular complexity index is 763. The summed E-state index contributed by atoms with van der Waals surface area (Å²) < 4.78 is 11.0. The molecule has 0 unspecified atom stereocenters. The van der Waals surface area contributed by atoms with Gasteiger partial charge in [-0.25, -0.2) is 0 Å². The third-order valence-corrected chi connectivity index (χ3v) is 3.20. The van der Waals surface area contributed by atoms with E-state index < -0.39 is 4.92 Å². The first-order chi connectivity index (χ1) is 9.65. The highest BCUT2D eigenvalue weighted by molar-refractivity contribution is 9.10. The number of nitrogens with zero attached hydrogens (tertiary/aromatic N) is 3. The van der Waals surface area contributed by atoms with E-state index in [1.165, 1.54) is 18.4 Å². The van der Waals surface area contributed by atoms with Crippen molar-refractivity contribution in [2.75, 3.05) is 0 Å². The van der Waals surface area contributed by atoms with Crippen LogP contribution in [0, 0.1) is 10.1 Å². The van der Waals surface area contributed by atoms with Crippen LogP contribution in [-0.4, -0.2) is 15.1 Å². The van der Waals surface area contributed by atoms with Gasteiger partial charge in [0.2, 0.25) is 11.6 Å². The van der Waals surface area contributed by atoms with Gasteiger partial charge in [0.15, 0.2) is 0 Å². The maximum absolute atomic E-state index is 10.6. The standard InChI is InChI=1S/C12H6BrN3O4/c13-9-5-6-19-10(9)12-14-11(15-20-12)7-1-3-8(4-2-7)16(17)18/h1-6H. The molecule has 2 heterocycles. The van der Waals surface area contributed by atoms with Gasteiger partial charge in [0.25, 0.3) is 11.6 Å². The maximum atomic E-state index is 10.6. The summed E-state index contributed by atoms with van der Waals surface area (Å²) in [6.45, 7) is 0. The molecule has 8 heteroatoms. The number of nitro benzene ring substituents is 1. The van der Waals surface area contributed by atoms with Crippen molar-refractivity contribution in [2.45, 2.75) is 0 Å². The first kappa shape index (κ1) is 12.5. The Morgan fingerprint density at radius 2 is 1.95 bits per heavy atom. The van der Waals surface area contributed by atoms with Gasteiger partial charge in [-0.05, 0) is 34.1 Å². The Hall–Kier alpha value is -2.48. The van der Waals surface area contributed by atoms with Gasteiger partial charge in [-0.15, -0.1) is 0 Å². The lowest BCUT2D eigenvalue weighted by molar-refractivity contribution is -0.384. The number of hydrogen-bond donors (Lipinski definition) is 0. The van der Waals surface area contributed by atoms with Crippen molar-refractivity contribution >= 4 is 21.6 Å². The van der Waals surface area contributed by atoms with E-state index in [2.05, 4.69) is 26.1 Å². The molecule has 2 aromatic heterocycles. The highest BCUT2D eigenvalue weighted by atomic mass is 79.9. The zero-order valence-electron chi connectivity index (χ0n) is 9.82.